The first kappa shape index (κ1) is 26.8. The number of halogens is 3. The van der Waals surface area contributed by atoms with E-state index in [0.29, 0.717) is 49.6 Å². The van der Waals surface area contributed by atoms with Gasteiger partial charge in [-0.1, -0.05) is 17.7 Å². The van der Waals surface area contributed by atoms with Crippen LogP contribution >= 0.6 is 11.6 Å². The molecule has 202 valence electrons. The lowest BCUT2D eigenvalue weighted by molar-refractivity contribution is -0.164. The fourth-order valence-corrected chi connectivity index (χ4v) is 5.01. The number of hydrogen-bond acceptors (Lipinski definition) is 5. The third-order valence-corrected chi connectivity index (χ3v) is 6.75. The van der Waals surface area contributed by atoms with Crippen LogP contribution in [0.1, 0.15) is 43.7 Å². The monoisotopic (exact) mass is 552 g/mol. The van der Waals surface area contributed by atoms with Crippen molar-refractivity contribution < 1.29 is 27.5 Å². The normalized spacial score (nSPS) is 12.8. The van der Waals surface area contributed by atoms with Crippen molar-refractivity contribution in [2.24, 2.45) is 0 Å². The van der Waals surface area contributed by atoms with E-state index in [1.807, 2.05) is 49.7 Å². The van der Waals surface area contributed by atoms with E-state index < -0.39 is 29.3 Å². The lowest BCUT2D eigenvalue weighted by Gasteiger charge is -2.29. The predicted octanol–water partition coefficient (Wildman–Crippen LogP) is 7.77. The summed E-state index contributed by atoms with van der Waals surface area (Å²) >= 11 is 6.82. The number of aromatic nitrogens is 2. The fourth-order valence-electron chi connectivity index (χ4n) is 4.76. The van der Waals surface area contributed by atoms with Crippen molar-refractivity contribution in [3.8, 4) is 11.1 Å². The highest BCUT2D eigenvalue weighted by Crippen LogP contribution is 2.43. The molecule has 5 aromatic rings. The van der Waals surface area contributed by atoms with Crippen molar-refractivity contribution in [3.63, 3.8) is 0 Å². The number of hydrogen-bond donors (Lipinski definition) is 0. The van der Waals surface area contributed by atoms with Gasteiger partial charge in [0.15, 0.2) is 17.7 Å². The number of pyridine rings is 1. The van der Waals surface area contributed by atoms with Gasteiger partial charge in [-0.15, -0.1) is 0 Å². The van der Waals surface area contributed by atoms with Crippen LogP contribution in [0.2, 0.25) is 5.02 Å². The Morgan fingerprint density at radius 2 is 1.90 bits per heavy atom. The number of rotatable bonds is 6. The number of aryl methyl sites for hydroxylation is 1. The van der Waals surface area contributed by atoms with Gasteiger partial charge in [-0.3, -0.25) is 0 Å². The molecule has 0 bridgehead atoms. The van der Waals surface area contributed by atoms with Gasteiger partial charge in [-0.25, -0.2) is 18.6 Å². The van der Waals surface area contributed by atoms with E-state index in [1.54, 1.807) is 19.3 Å². The van der Waals surface area contributed by atoms with E-state index in [1.165, 1.54) is 13.2 Å². The number of furan rings is 1. The zero-order valence-electron chi connectivity index (χ0n) is 22.1. The van der Waals surface area contributed by atoms with E-state index in [0.717, 1.165) is 17.5 Å². The third-order valence-electron chi connectivity index (χ3n) is 6.43. The second kappa shape index (κ2) is 10.1. The number of methoxy groups -OCH3 is 1. The molecule has 0 saturated heterocycles. The zero-order valence-corrected chi connectivity index (χ0v) is 22.9. The molecule has 9 heteroatoms. The summed E-state index contributed by atoms with van der Waals surface area (Å²) < 4.78 is 46.2. The van der Waals surface area contributed by atoms with Crippen molar-refractivity contribution in [2.45, 2.75) is 45.9 Å². The second-order valence-electron chi connectivity index (χ2n) is 10.3. The van der Waals surface area contributed by atoms with Gasteiger partial charge in [-0.2, -0.15) is 0 Å². The summed E-state index contributed by atoms with van der Waals surface area (Å²) in [6, 6.07) is 11.1. The van der Waals surface area contributed by atoms with E-state index in [4.69, 9.17) is 30.5 Å². The number of carbonyl (C=O) groups is 1. The summed E-state index contributed by atoms with van der Waals surface area (Å²) in [6.07, 6.45) is 2.30. The molecule has 0 fully saturated rings. The fraction of sp³-hybridized carbons (Fsp3) is 0.267. The Morgan fingerprint density at radius 1 is 1.13 bits per heavy atom. The Labute approximate surface area is 229 Å². The smallest absolute Gasteiger partial charge is 0.339 e. The highest BCUT2D eigenvalue weighted by molar-refractivity contribution is 6.34. The Kier molecular flexibility index (Phi) is 6.95. The van der Waals surface area contributed by atoms with Crippen LogP contribution in [0, 0.1) is 18.6 Å². The topological polar surface area (TPSA) is 66.5 Å². The molecule has 0 saturated carbocycles. The predicted molar refractivity (Wildman–Crippen MR) is 146 cm³/mol. The number of ether oxygens (including phenoxy) is 2. The molecule has 0 radical (unpaired) electrons. The molecule has 0 spiro atoms. The Bertz CT molecular complexity index is 1720. The van der Waals surface area contributed by atoms with Crippen LogP contribution in [-0.4, -0.2) is 28.2 Å². The second-order valence-corrected chi connectivity index (χ2v) is 10.7. The highest BCUT2D eigenvalue weighted by atomic mass is 35.5. The molecule has 1 atom stereocenters. The van der Waals surface area contributed by atoms with Crippen LogP contribution in [0.4, 0.5) is 8.78 Å². The van der Waals surface area contributed by atoms with Crippen molar-refractivity contribution >= 4 is 39.6 Å². The van der Waals surface area contributed by atoms with Gasteiger partial charge >= 0.3 is 5.97 Å². The molecule has 3 aromatic heterocycles. The van der Waals surface area contributed by atoms with E-state index in [-0.39, 0.29) is 6.54 Å². The quantitative estimate of drug-likeness (QED) is 0.201. The lowest BCUT2D eigenvalue weighted by Crippen LogP contribution is -2.29. The van der Waals surface area contributed by atoms with Crippen molar-refractivity contribution in [1.82, 2.24) is 9.55 Å². The standard InChI is InChI=1S/C30H27ClF2N2O4/c1-16-25(27(29(36)37-5)39-30(2,3)4)26(20-13-18-9-11-38-24(18)14-21(20)31)19-8-10-35(28(19)34-16)15-17-6-7-22(32)23(33)12-17/h6-14,27H,15H2,1-5H3/t27-/m0/s1. The lowest BCUT2D eigenvalue weighted by atomic mass is 9.91. The van der Waals surface area contributed by atoms with Gasteiger partial charge in [0, 0.05) is 52.0 Å². The van der Waals surface area contributed by atoms with Crippen molar-refractivity contribution in [1.29, 1.82) is 0 Å². The molecule has 0 aliphatic carbocycles. The van der Waals surface area contributed by atoms with Crippen molar-refractivity contribution in [3.05, 3.63) is 88.4 Å². The SMILES string of the molecule is COC(=O)[C@@H](OC(C)(C)C)c1c(C)nc2c(ccn2Cc2ccc(F)c(F)c2)c1-c1cc2ccoc2cc1Cl. The average molecular weight is 553 g/mol. The molecule has 39 heavy (non-hydrogen) atoms. The summed E-state index contributed by atoms with van der Waals surface area (Å²) in [5.41, 5.74) is 3.47. The molecule has 0 N–H and O–H groups in total. The number of fused-ring (bicyclic) bond motifs is 2. The van der Waals surface area contributed by atoms with E-state index >= 15 is 0 Å². The van der Waals surface area contributed by atoms with E-state index in [2.05, 4.69) is 0 Å². The molecule has 0 amide bonds. The van der Waals surface area contributed by atoms with E-state index in [9.17, 15) is 13.6 Å². The van der Waals surface area contributed by atoms with Gasteiger partial charge in [0.1, 0.15) is 11.2 Å². The number of carbonyl (C=O) groups excluding carboxylic acids is 1. The van der Waals surface area contributed by atoms with Crippen LogP contribution in [0.25, 0.3) is 33.1 Å². The summed E-state index contributed by atoms with van der Waals surface area (Å²) in [7, 11) is 1.31. The molecule has 0 aliphatic rings. The van der Waals surface area contributed by atoms with Crippen molar-refractivity contribution in [2.75, 3.05) is 7.11 Å². The van der Waals surface area contributed by atoms with Crippen LogP contribution < -0.4 is 0 Å². The zero-order chi connectivity index (χ0) is 28.1. The van der Waals surface area contributed by atoms with Gasteiger partial charge in [0.05, 0.1) is 24.0 Å². The van der Waals surface area contributed by atoms with Gasteiger partial charge in [-0.05, 0) is 63.6 Å². The summed E-state index contributed by atoms with van der Waals surface area (Å²) in [6.45, 7) is 7.60. The number of nitrogens with zero attached hydrogens (tertiary/aromatic N) is 2. The Balaban J connectivity index is 1.79. The maximum Gasteiger partial charge on any atom is 0.339 e. The molecular weight excluding hydrogens is 526 g/mol. The molecule has 0 unspecified atom stereocenters. The minimum atomic E-state index is -1.09. The first-order chi connectivity index (χ1) is 18.5. The molecular formula is C30H27ClF2N2O4. The molecule has 6 nitrogen and oxygen atoms in total. The molecule has 2 aromatic carbocycles. The van der Waals surface area contributed by atoms with Crippen LogP contribution in [0.3, 0.4) is 0 Å². The maximum absolute atomic E-state index is 13.9. The van der Waals surface area contributed by atoms with Gasteiger partial charge in [0.25, 0.3) is 0 Å². The summed E-state index contributed by atoms with van der Waals surface area (Å²) in [4.78, 5) is 18.0. The highest BCUT2D eigenvalue weighted by Gasteiger charge is 2.34. The Hall–Kier alpha value is -3.75. The van der Waals surface area contributed by atoms with Gasteiger partial charge < -0.3 is 18.5 Å². The average Bonchev–Trinajstić information content (AvgIpc) is 3.49. The van der Waals surface area contributed by atoms with Crippen LogP contribution in [-0.2, 0) is 20.8 Å². The first-order valence-electron chi connectivity index (χ1n) is 12.3. The summed E-state index contributed by atoms with van der Waals surface area (Å²) in [5, 5.41) is 1.95. The minimum absolute atomic E-state index is 0.249. The molecule has 0 aliphatic heterocycles. The van der Waals surface area contributed by atoms with Crippen LogP contribution in [0.5, 0.6) is 0 Å². The maximum atomic E-state index is 13.9. The minimum Gasteiger partial charge on any atom is -0.467 e. The molecule has 3 heterocycles. The Morgan fingerprint density at radius 3 is 2.59 bits per heavy atom. The summed E-state index contributed by atoms with van der Waals surface area (Å²) in [5.74, 6) is -2.40. The number of esters is 1. The van der Waals surface area contributed by atoms with Gasteiger partial charge in [0.2, 0.25) is 0 Å². The number of benzene rings is 2. The first-order valence-corrected chi connectivity index (χ1v) is 12.7. The third kappa shape index (κ3) is 5.14. The van der Waals surface area contributed by atoms with Crippen LogP contribution in [0.15, 0.2) is 59.3 Å². The molecule has 5 rings (SSSR count). The largest absolute Gasteiger partial charge is 0.467 e.